The van der Waals surface area contributed by atoms with E-state index in [4.69, 9.17) is 11.6 Å². The standard InChI is InChI=1S/C20H21ClN4/c1-3-25(14-16-7-5-4-6-8-16)20-22-12-11-19(24-20)23-18-10-9-17(21)13-15(18)2/h4-13H,3,14H2,1-2H3,(H,22,23,24). The summed E-state index contributed by atoms with van der Waals surface area (Å²) in [6.45, 7) is 5.74. The lowest BCUT2D eigenvalue weighted by molar-refractivity contribution is 0.792. The molecule has 1 aromatic heterocycles. The Morgan fingerprint density at radius 1 is 1.08 bits per heavy atom. The number of halogens is 1. The van der Waals surface area contributed by atoms with Gasteiger partial charge in [0.1, 0.15) is 5.82 Å². The summed E-state index contributed by atoms with van der Waals surface area (Å²) in [4.78, 5) is 11.3. The zero-order valence-electron chi connectivity index (χ0n) is 14.4. The normalized spacial score (nSPS) is 10.5. The second kappa shape index (κ2) is 7.99. The van der Waals surface area contributed by atoms with E-state index in [0.29, 0.717) is 5.95 Å². The SMILES string of the molecule is CCN(Cc1ccccc1)c1nccc(Nc2ccc(Cl)cc2C)n1. The smallest absolute Gasteiger partial charge is 0.227 e. The minimum Gasteiger partial charge on any atom is -0.340 e. The molecule has 0 radical (unpaired) electrons. The van der Waals surface area contributed by atoms with Gasteiger partial charge in [-0.25, -0.2) is 4.98 Å². The van der Waals surface area contributed by atoms with Gasteiger partial charge in [0.25, 0.3) is 0 Å². The van der Waals surface area contributed by atoms with Crippen LogP contribution in [-0.2, 0) is 6.54 Å². The van der Waals surface area contributed by atoms with Gasteiger partial charge in [-0.3, -0.25) is 0 Å². The van der Waals surface area contributed by atoms with E-state index in [2.05, 4.69) is 39.2 Å². The maximum Gasteiger partial charge on any atom is 0.227 e. The Balaban J connectivity index is 1.80. The number of hydrogen-bond donors (Lipinski definition) is 1. The fourth-order valence-corrected chi connectivity index (χ4v) is 2.83. The van der Waals surface area contributed by atoms with Crippen molar-refractivity contribution >= 4 is 29.1 Å². The predicted molar refractivity (Wildman–Crippen MR) is 105 cm³/mol. The van der Waals surface area contributed by atoms with Gasteiger partial charge in [0.15, 0.2) is 0 Å². The average Bonchev–Trinajstić information content (AvgIpc) is 2.63. The molecule has 0 aliphatic heterocycles. The Kier molecular flexibility index (Phi) is 5.51. The first-order valence-electron chi connectivity index (χ1n) is 8.31. The van der Waals surface area contributed by atoms with Crippen molar-refractivity contribution < 1.29 is 0 Å². The molecule has 0 aliphatic carbocycles. The quantitative estimate of drug-likeness (QED) is 0.661. The molecule has 0 atom stereocenters. The van der Waals surface area contributed by atoms with E-state index in [1.807, 2.05) is 49.4 Å². The van der Waals surface area contributed by atoms with Crippen LogP contribution in [-0.4, -0.2) is 16.5 Å². The second-order valence-electron chi connectivity index (χ2n) is 5.83. The summed E-state index contributed by atoms with van der Waals surface area (Å²) in [5.74, 6) is 1.48. The number of rotatable bonds is 6. The minimum atomic E-state index is 0.711. The highest BCUT2D eigenvalue weighted by Gasteiger charge is 2.10. The highest BCUT2D eigenvalue weighted by Crippen LogP contribution is 2.23. The molecule has 0 fully saturated rings. The van der Waals surface area contributed by atoms with E-state index in [0.717, 1.165) is 35.2 Å². The Bertz CT molecular complexity index is 836. The number of aryl methyl sites for hydroxylation is 1. The highest BCUT2D eigenvalue weighted by molar-refractivity contribution is 6.30. The molecule has 0 saturated heterocycles. The molecule has 0 spiro atoms. The number of aromatic nitrogens is 2. The van der Waals surface area contributed by atoms with Crippen molar-refractivity contribution in [3.63, 3.8) is 0 Å². The molecule has 3 rings (SSSR count). The predicted octanol–water partition coefficient (Wildman–Crippen LogP) is 5.21. The van der Waals surface area contributed by atoms with Gasteiger partial charge < -0.3 is 10.2 Å². The third-order valence-electron chi connectivity index (χ3n) is 3.97. The van der Waals surface area contributed by atoms with Crippen molar-refractivity contribution in [1.29, 1.82) is 0 Å². The summed E-state index contributed by atoms with van der Waals surface area (Å²) in [6, 6.07) is 18.0. The molecule has 4 nitrogen and oxygen atoms in total. The van der Waals surface area contributed by atoms with Crippen molar-refractivity contribution in [2.24, 2.45) is 0 Å². The van der Waals surface area contributed by atoms with E-state index >= 15 is 0 Å². The highest BCUT2D eigenvalue weighted by atomic mass is 35.5. The molecular formula is C20H21ClN4. The Hall–Kier alpha value is -2.59. The first-order chi connectivity index (χ1) is 12.2. The minimum absolute atomic E-state index is 0.711. The molecule has 2 aromatic carbocycles. The summed E-state index contributed by atoms with van der Waals surface area (Å²) >= 11 is 6.02. The summed E-state index contributed by atoms with van der Waals surface area (Å²) in [5, 5.41) is 4.07. The molecule has 0 aliphatic rings. The molecule has 0 unspecified atom stereocenters. The van der Waals surface area contributed by atoms with E-state index < -0.39 is 0 Å². The largest absolute Gasteiger partial charge is 0.340 e. The van der Waals surface area contributed by atoms with Crippen molar-refractivity contribution in [3.8, 4) is 0 Å². The van der Waals surface area contributed by atoms with Gasteiger partial charge in [0, 0.05) is 30.0 Å². The molecule has 1 N–H and O–H groups in total. The van der Waals surface area contributed by atoms with Crippen LogP contribution in [0.25, 0.3) is 0 Å². The van der Waals surface area contributed by atoms with Crippen molar-refractivity contribution in [2.75, 3.05) is 16.8 Å². The molecule has 0 saturated carbocycles. The number of benzene rings is 2. The van der Waals surface area contributed by atoms with Crippen LogP contribution in [0.15, 0.2) is 60.8 Å². The summed E-state index contributed by atoms with van der Waals surface area (Å²) < 4.78 is 0. The van der Waals surface area contributed by atoms with Gasteiger partial charge >= 0.3 is 0 Å². The first kappa shape index (κ1) is 17.2. The molecule has 0 bridgehead atoms. The Morgan fingerprint density at radius 3 is 2.60 bits per heavy atom. The van der Waals surface area contributed by atoms with Crippen LogP contribution in [0.4, 0.5) is 17.5 Å². The molecular weight excluding hydrogens is 332 g/mol. The van der Waals surface area contributed by atoms with Gasteiger partial charge in [-0.2, -0.15) is 4.98 Å². The van der Waals surface area contributed by atoms with Gasteiger partial charge in [-0.05, 0) is 49.2 Å². The maximum atomic E-state index is 6.02. The van der Waals surface area contributed by atoms with Crippen molar-refractivity contribution in [1.82, 2.24) is 9.97 Å². The fourth-order valence-electron chi connectivity index (χ4n) is 2.60. The maximum absolute atomic E-state index is 6.02. The van der Waals surface area contributed by atoms with Crippen LogP contribution in [0.2, 0.25) is 5.02 Å². The topological polar surface area (TPSA) is 41.1 Å². The molecule has 0 amide bonds. The van der Waals surface area contributed by atoms with E-state index in [1.54, 1.807) is 6.20 Å². The first-order valence-corrected chi connectivity index (χ1v) is 8.68. The van der Waals surface area contributed by atoms with Crippen LogP contribution in [0.3, 0.4) is 0 Å². The van der Waals surface area contributed by atoms with E-state index in [9.17, 15) is 0 Å². The molecule has 5 heteroatoms. The van der Waals surface area contributed by atoms with Crippen molar-refractivity contribution in [2.45, 2.75) is 20.4 Å². The number of nitrogens with zero attached hydrogens (tertiary/aromatic N) is 3. The summed E-state index contributed by atoms with van der Waals surface area (Å²) in [6.07, 6.45) is 1.78. The third kappa shape index (κ3) is 4.48. The Labute approximate surface area is 153 Å². The summed E-state index contributed by atoms with van der Waals surface area (Å²) in [5.41, 5.74) is 3.30. The molecule has 128 valence electrons. The fraction of sp³-hybridized carbons (Fsp3) is 0.200. The lowest BCUT2D eigenvalue weighted by Gasteiger charge is -2.21. The molecule has 25 heavy (non-hydrogen) atoms. The van der Waals surface area contributed by atoms with Crippen LogP contribution >= 0.6 is 11.6 Å². The van der Waals surface area contributed by atoms with Crippen LogP contribution < -0.4 is 10.2 Å². The monoisotopic (exact) mass is 352 g/mol. The van der Waals surface area contributed by atoms with Gasteiger partial charge in [0.05, 0.1) is 0 Å². The number of nitrogens with one attached hydrogen (secondary N) is 1. The van der Waals surface area contributed by atoms with E-state index in [-0.39, 0.29) is 0 Å². The molecule has 1 heterocycles. The van der Waals surface area contributed by atoms with Gasteiger partial charge in [-0.1, -0.05) is 41.9 Å². The van der Waals surface area contributed by atoms with Crippen LogP contribution in [0, 0.1) is 6.92 Å². The number of anilines is 3. The number of hydrogen-bond acceptors (Lipinski definition) is 4. The van der Waals surface area contributed by atoms with Crippen LogP contribution in [0.5, 0.6) is 0 Å². The third-order valence-corrected chi connectivity index (χ3v) is 4.21. The second-order valence-corrected chi connectivity index (χ2v) is 6.26. The lowest BCUT2D eigenvalue weighted by Crippen LogP contribution is -2.24. The van der Waals surface area contributed by atoms with Gasteiger partial charge in [0.2, 0.25) is 5.95 Å². The zero-order chi connectivity index (χ0) is 17.6. The van der Waals surface area contributed by atoms with Crippen LogP contribution in [0.1, 0.15) is 18.1 Å². The van der Waals surface area contributed by atoms with Crippen molar-refractivity contribution in [3.05, 3.63) is 76.9 Å². The summed E-state index contributed by atoms with van der Waals surface area (Å²) in [7, 11) is 0. The zero-order valence-corrected chi connectivity index (χ0v) is 15.2. The average molecular weight is 353 g/mol. The van der Waals surface area contributed by atoms with E-state index in [1.165, 1.54) is 5.56 Å². The van der Waals surface area contributed by atoms with Gasteiger partial charge in [-0.15, -0.1) is 0 Å². The lowest BCUT2D eigenvalue weighted by atomic mass is 10.2. The Morgan fingerprint density at radius 2 is 1.88 bits per heavy atom. The molecule has 3 aromatic rings.